The molecule has 0 spiro atoms. The van der Waals surface area contributed by atoms with Crippen LogP contribution < -0.4 is 5.32 Å². The van der Waals surface area contributed by atoms with Gasteiger partial charge in [-0.15, -0.1) is 0 Å². The van der Waals surface area contributed by atoms with Crippen LogP contribution in [-0.2, 0) is 7.05 Å². The zero-order valence-corrected chi connectivity index (χ0v) is 15.6. The lowest BCUT2D eigenvalue weighted by Gasteiger charge is -2.09. The number of nitrogens with zero attached hydrogens (tertiary/aromatic N) is 4. The van der Waals surface area contributed by atoms with E-state index in [0.717, 1.165) is 16.8 Å². The van der Waals surface area contributed by atoms with Gasteiger partial charge in [-0.05, 0) is 31.9 Å². The van der Waals surface area contributed by atoms with Crippen LogP contribution in [-0.4, -0.2) is 25.8 Å². The number of rotatable bonds is 5. The lowest BCUT2D eigenvalue weighted by atomic mass is 10.1. The van der Waals surface area contributed by atoms with Crippen LogP contribution >= 0.6 is 0 Å². The van der Waals surface area contributed by atoms with Crippen molar-refractivity contribution in [1.29, 1.82) is 0 Å². The van der Waals surface area contributed by atoms with Gasteiger partial charge in [-0.3, -0.25) is 9.48 Å². The van der Waals surface area contributed by atoms with Crippen LogP contribution in [0.4, 0.5) is 0 Å². The van der Waals surface area contributed by atoms with E-state index in [0.29, 0.717) is 17.4 Å². The van der Waals surface area contributed by atoms with E-state index in [1.165, 1.54) is 0 Å². The van der Waals surface area contributed by atoms with E-state index in [1.54, 1.807) is 17.8 Å². The fraction of sp³-hybridized carbons (Fsp3) is 0.368. The smallest absolute Gasteiger partial charge is 0.270 e. The Morgan fingerprint density at radius 3 is 2.65 bits per heavy atom. The summed E-state index contributed by atoms with van der Waals surface area (Å²) < 4.78 is 6.92. The highest BCUT2D eigenvalue weighted by atomic mass is 16.5. The molecular weight excluding hydrogens is 330 g/mol. The molecule has 3 rings (SSSR count). The van der Waals surface area contributed by atoms with Crippen molar-refractivity contribution in [3.63, 3.8) is 0 Å². The molecule has 1 atom stereocenters. The summed E-state index contributed by atoms with van der Waals surface area (Å²) in [6.07, 6.45) is 0. The molecule has 0 aliphatic carbocycles. The molecule has 0 bridgehead atoms. The zero-order chi connectivity index (χ0) is 18.8. The average molecular weight is 353 g/mol. The first-order chi connectivity index (χ1) is 12.3. The van der Waals surface area contributed by atoms with Crippen molar-refractivity contribution in [3.05, 3.63) is 53.2 Å². The summed E-state index contributed by atoms with van der Waals surface area (Å²) in [5.41, 5.74) is 3.38. The Morgan fingerprint density at radius 2 is 2.00 bits per heavy atom. The lowest BCUT2D eigenvalue weighted by Crippen LogP contribution is -2.28. The predicted octanol–water partition coefficient (Wildman–Crippen LogP) is 3.39. The second kappa shape index (κ2) is 7.11. The molecule has 2 heterocycles. The third-order valence-electron chi connectivity index (χ3n) is 4.16. The first-order valence-corrected chi connectivity index (χ1v) is 8.60. The van der Waals surface area contributed by atoms with Crippen molar-refractivity contribution in [3.8, 4) is 11.4 Å². The molecule has 0 saturated carbocycles. The highest BCUT2D eigenvalue weighted by Crippen LogP contribution is 2.20. The van der Waals surface area contributed by atoms with Gasteiger partial charge >= 0.3 is 0 Å². The number of aryl methyl sites for hydroxylation is 2. The van der Waals surface area contributed by atoms with Gasteiger partial charge < -0.3 is 9.84 Å². The minimum Gasteiger partial charge on any atom is -0.339 e. The van der Waals surface area contributed by atoms with Crippen molar-refractivity contribution >= 4 is 5.91 Å². The van der Waals surface area contributed by atoms with Crippen LogP contribution in [0.3, 0.4) is 0 Å². The fourth-order valence-electron chi connectivity index (χ4n) is 2.63. The SMILES string of the molecule is Cc1cccc(-c2noc(C(C)NC(=O)c3cc(C(C)C)nn3C)n2)c1. The standard InChI is InChI=1S/C19H23N5O2/c1-11(2)15-10-16(24(5)22-15)18(25)20-13(4)19-21-17(23-26-19)14-8-6-7-12(3)9-14/h6-11,13H,1-5H3,(H,20,25). The molecule has 0 radical (unpaired) electrons. The highest BCUT2D eigenvalue weighted by molar-refractivity contribution is 5.92. The van der Waals surface area contributed by atoms with E-state index >= 15 is 0 Å². The summed E-state index contributed by atoms with van der Waals surface area (Å²) >= 11 is 0. The molecule has 0 aliphatic heterocycles. The first kappa shape index (κ1) is 17.8. The van der Waals surface area contributed by atoms with Gasteiger partial charge in [0.2, 0.25) is 11.7 Å². The number of benzene rings is 1. The van der Waals surface area contributed by atoms with Crippen LogP contribution in [0.1, 0.15) is 60.4 Å². The van der Waals surface area contributed by atoms with Crippen LogP contribution in [0, 0.1) is 6.92 Å². The molecule has 0 fully saturated rings. The summed E-state index contributed by atoms with van der Waals surface area (Å²) in [5, 5.41) is 11.3. The van der Waals surface area contributed by atoms with Crippen molar-refractivity contribution in [1.82, 2.24) is 25.2 Å². The molecule has 1 N–H and O–H groups in total. The number of carbonyl (C=O) groups is 1. The summed E-state index contributed by atoms with van der Waals surface area (Å²) in [6, 6.07) is 9.26. The number of nitrogens with one attached hydrogen (secondary N) is 1. The Balaban J connectivity index is 1.74. The third-order valence-corrected chi connectivity index (χ3v) is 4.16. The summed E-state index contributed by atoms with van der Waals surface area (Å²) in [5.74, 6) is 0.899. The predicted molar refractivity (Wildman–Crippen MR) is 97.6 cm³/mol. The van der Waals surface area contributed by atoms with E-state index in [9.17, 15) is 4.79 Å². The van der Waals surface area contributed by atoms with E-state index in [-0.39, 0.29) is 11.8 Å². The van der Waals surface area contributed by atoms with E-state index in [1.807, 2.05) is 52.0 Å². The number of hydrogen-bond acceptors (Lipinski definition) is 5. The van der Waals surface area contributed by atoms with Gasteiger partial charge in [-0.1, -0.05) is 42.8 Å². The lowest BCUT2D eigenvalue weighted by molar-refractivity contribution is 0.0923. The maximum absolute atomic E-state index is 12.5. The zero-order valence-electron chi connectivity index (χ0n) is 15.6. The van der Waals surface area contributed by atoms with Gasteiger partial charge in [0.25, 0.3) is 5.91 Å². The molecule has 1 aromatic carbocycles. The van der Waals surface area contributed by atoms with Crippen molar-refractivity contribution in [2.45, 2.75) is 39.7 Å². The minimum absolute atomic E-state index is 0.227. The Morgan fingerprint density at radius 1 is 1.23 bits per heavy atom. The Kier molecular flexibility index (Phi) is 4.88. The summed E-state index contributed by atoms with van der Waals surface area (Å²) in [6.45, 7) is 7.90. The van der Waals surface area contributed by atoms with Crippen LogP contribution in [0.5, 0.6) is 0 Å². The van der Waals surface area contributed by atoms with Crippen molar-refractivity contribution in [2.75, 3.05) is 0 Å². The first-order valence-electron chi connectivity index (χ1n) is 8.60. The van der Waals surface area contributed by atoms with Gasteiger partial charge in [-0.2, -0.15) is 10.1 Å². The van der Waals surface area contributed by atoms with Crippen LogP contribution in [0.15, 0.2) is 34.9 Å². The van der Waals surface area contributed by atoms with Gasteiger partial charge in [0.15, 0.2) is 0 Å². The molecule has 0 aliphatic rings. The Bertz CT molecular complexity index is 926. The molecule has 1 unspecified atom stereocenters. The normalized spacial score (nSPS) is 12.4. The molecule has 26 heavy (non-hydrogen) atoms. The van der Waals surface area contributed by atoms with Gasteiger partial charge in [0.05, 0.1) is 5.69 Å². The quantitative estimate of drug-likeness (QED) is 0.760. The molecule has 2 aromatic heterocycles. The molecular formula is C19H23N5O2. The van der Waals surface area contributed by atoms with Crippen molar-refractivity contribution < 1.29 is 9.32 Å². The largest absolute Gasteiger partial charge is 0.339 e. The number of amides is 1. The number of carbonyl (C=O) groups excluding carboxylic acids is 1. The minimum atomic E-state index is -0.411. The van der Waals surface area contributed by atoms with Crippen LogP contribution in [0.25, 0.3) is 11.4 Å². The second-order valence-electron chi connectivity index (χ2n) is 6.75. The highest BCUT2D eigenvalue weighted by Gasteiger charge is 2.21. The molecule has 1 amide bonds. The summed E-state index contributed by atoms with van der Waals surface area (Å²) in [4.78, 5) is 17.0. The number of hydrogen-bond donors (Lipinski definition) is 1. The Labute approximate surface area is 152 Å². The monoisotopic (exact) mass is 353 g/mol. The topological polar surface area (TPSA) is 85.8 Å². The molecule has 3 aromatic rings. The van der Waals surface area contributed by atoms with Gasteiger partial charge in [0.1, 0.15) is 11.7 Å². The second-order valence-corrected chi connectivity index (χ2v) is 6.75. The van der Waals surface area contributed by atoms with E-state index < -0.39 is 6.04 Å². The number of aromatic nitrogens is 4. The maximum Gasteiger partial charge on any atom is 0.270 e. The van der Waals surface area contributed by atoms with E-state index in [2.05, 4.69) is 20.6 Å². The van der Waals surface area contributed by atoms with Crippen molar-refractivity contribution in [2.24, 2.45) is 7.05 Å². The summed E-state index contributed by atoms with van der Waals surface area (Å²) in [7, 11) is 1.76. The van der Waals surface area contributed by atoms with E-state index in [4.69, 9.17) is 4.52 Å². The van der Waals surface area contributed by atoms with Gasteiger partial charge in [-0.25, -0.2) is 0 Å². The van der Waals surface area contributed by atoms with Gasteiger partial charge in [0, 0.05) is 12.6 Å². The molecule has 7 nitrogen and oxygen atoms in total. The molecule has 7 heteroatoms. The fourth-order valence-corrected chi connectivity index (χ4v) is 2.63. The Hall–Kier alpha value is -2.96. The molecule has 0 saturated heterocycles. The maximum atomic E-state index is 12.5. The average Bonchev–Trinajstić information content (AvgIpc) is 3.21. The van der Waals surface area contributed by atoms with Crippen LogP contribution in [0.2, 0.25) is 0 Å². The molecule has 136 valence electrons. The third kappa shape index (κ3) is 3.66.